The molecule has 1 amide bonds. The second-order valence-corrected chi connectivity index (χ2v) is 9.20. The third-order valence-corrected chi connectivity index (χ3v) is 6.58. The fourth-order valence-electron chi connectivity index (χ4n) is 2.42. The summed E-state index contributed by atoms with van der Waals surface area (Å²) in [6.45, 7) is 0. The number of hydrogen-bond acceptors (Lipinski definition) is 4. The Bertz CT molecular complexity index is 1160. The Morgan fingerprint density at radius 3 is 2.45 bits per heavy atom. The Kier molecular flexibility index (Phi) is 6.21. The normalized spacial score (nSPS) is 11.2. The second-order valence-electron chi connectivity index (χ2n) is 5.91. The molecular weight excluding hydrogens is 485 g/mol. The Morgan fingerprint density at radius 1 is 1.14 bits per heavy atom. The van der Waals surface area contributed by atoms with Crippen molar-refractivity contribution in [2.45, 2.75) is 4.90 Å². The highest BCUT2D eigenvalue weighted by Gasteiger charge is 2.24. The third kappa shape index (κ3) is 4.75. The molecule has 0 bridgehead atoms. The number of anilines is 2. The molecule has 3 rings (SSSR count). The van der Waals surface area contributed by atoms with Gasteiger partial charge in [-0.2, -0.15) is 0 Å². The molecule has 0 spiro atoms. The SMILES string of the molecule is CN(c1ccc(F)cc1)S(=O)(=O)c1ccc(Cl)c(C(=O)Nc2ccc(Br)cn2)c1. The van der Waals surface area contributed by atoms with E-state index in [1.807, 2.05) is 0 Å². The van der Waals surface area contributed by atoms with Gasteiger partial charge in [-0.3, -0.25) is 9.10 Å². The number of rotatable bonds is 5. The van der Waals surface area contributed by atoms with Crippen LogP contribution in [0, 0.1) is 5.82 Å². The summed E-state index contributed by atoms with van der Waals surface area (Å²) in [5.74, 6) is -0.802. The molecule has 1 heterocycles. The molecule has 0 atom stereocenters. The van der Waals surface area contributed by atoms with Crippen LogP contribution in [0.15, 0.2) is 70.2 Å². The number of hydrogen-bond donors (Lipinski definition) is 1. The van der Waals surface area contributed by atoms with Gasteiger partial charge >= 0.3 is 0 Å². The van der Waals surface area contributed by atoms with Crippen molar-refractivity contribution in [3.63, 3.8) is 0 Å². The summed E-state index contributed by atoms with van der Waals surface area (Å²) in [6.07, 6.45) is 1.51. The number of carbonyl (C=O) groups is 1. The van der Waals surface area contributed by atoms with E-state index in [0.717, 1.165) is 20.9 Å². The van der Waals surface area contributed by atoms with E-state index in [2.05, 4.69) is 26.2 Å². The van der Waals surface area contributed by atoms with Crippen molar-refractivity contribution in [1.82, 2.24) is 4.98 Å². The number of carbonyl (C=O) groups excluding carboxylic acids is 1. The van der Waals surface area contributed by atoms with Crippen LogP contribution in [0.2, 0.25) is 5.02 Å². The van der Waals surface area contributed by atoms with Crippen LogP contribution in [0.25, 0.3) is 0 Å². The van der Waals surface area contributed by atoms with E-state index in [4.69, 9.17) is 11.6 Å². The number of nitrogens with one attached hydrogen (secondary N) is 1. The molecule has 150 valence electrons. The molecule has 2 aromatic carbocycles. The highest BCUT2D eigenvalue weighted by Crippen LogP contribution is 2.26. The van der Waals surface area contributed by atoms with Crippen molar-refractivity contribution in [3.8, 4) is 0 Å². The number of pyridine rings is 1. The first kappa shape index (κ1) is 21.2. The topological polar surface area (TPSA) is 79.4 Å². The van der Waals surface area contributed by atoms with Crippen LogP contribution >= 0.6 is 27.5 Å². The maximum absolute atomic E-state index is 13.1. The lowest BCUT2D eigenvalue weighted by molar-refractivity contribution is 0.102. The minimum Gasteiger partial charge on any atom is -0.307 e. The maximum Gasteiger partial charge on any atom is 0.264 e. The minimum atomic E-state index is -4.01. The fraction of sp³-hybridized carbons (Fsp3) is 0.0526. The Hall–Kier alpha value is -2.49. The molecule has 3 aromatic rings. The molecule has 0 saturated carbocycles. The molecule has 0 aliphatic rings. The van der Waals surface area contributed by atoms with E-state index in [-0.39, 0.29) is 27.0 Å². The van der Waals surface area contributed by atoms with Gasteiger partial charge in [-0.1, -0.05) is 11.6 Å². The van der Waals surface area contributed by atoms with Gasteiger partial charge < -0.3 is 5.32 Å². The zero-order valence-electron chi connectivity index (χ0n) is 14.9. The van der Waals surface area contributed by atoms with Crippen LogP contribution in [0.5, 0.6) is 0 Å². The number of amides is 1. The van der Waals surface area contributed by atoms with Crippen LogP contribution in [0.1, 0.15) is 10.4 Å². The van der Waals surface area contributed by atoms with Gasteiger partial charge in [-0.05, 0) is 70.5 Å². The number of nitrogens with zero attached hydrogens (tertiary/aromatic N) is 2. The molecule has 0 aliphatic carbocycles. The Labute approximate surface area is 180 Å². The predicted molar refractivity (Wildman–Crippen MR) is 113 cm³/mol. The van der Waals surface area contributed by atoms with Gasteiger partial charge in [0.1, 0.15) is 11.6 Å². The average Bonchev–Trinajstić information content (AvgIpc) is 2.70. The van der Waals surface area contributed by atoms with Crippen LogP contribution < -0.4 is 9.62 Å². The number of benzene rings is 2. The lowest BCUT2D eigenvalue weighted by Crippen LogP contribution is -2.27. The second kappa shape index (κ2) is 8.48. The maximum atomic E-state index is 13.1. The lowest BCUT2D eigenvalue weighted by atomic mass is 10.2. The third-order valence-electron chi connectivity index (χ3n) is 4.00. The van der Waals surface area contributed by atoms with Gasteiger partial charge in [0.15, 0.2) is 0 Å². The van der Waals surface area contributed by atoms with Crippen molar-refractivity contribution in [2.75, 3.05) is 16.7 Å². The number of halogens is 3. The quantitative estimate of drug-likeness (QED) is 0.552. The van der Waals surface area contributed by atoms with Gasteiger partial charge in [0, 0.05) is 17.7 Å². The Morgan fingerprint density at radius 2 is 1.83 bits per heavy atom. The molecule has 1 N–H and O–H groups in total. The van der Waals surface area contributed by atoms with Crippen molar-refractivity contribution in [2.24, 2.45) is 0 Å². The van der Waals surface area contributed by atoms with E-state index < -0.39 is 21.7 Å². The van der Waals surface area contributed by atoms with Crippen LogP contribution in [-0.4, -0.2) is 26.4 Å². The zero-order chi connectivity index (χ0) is 21.2. The van der Waals surface area contributed by atoms with Gasteiger partial charge in [0.25, 0.3) is 15.9 Å². The van der Waals surface area contributed by atoms with Gasteiger partial charge in [-0.25, -0.2) is 17.8 Å². The number of aromatic nitrogens is 1. The van der Waals surface area contributed by atoms with E-state index in [1.54, 1.807) is 12.1 Å². The first-order chi connectivity index (χ1) is 13.7. The summed E-state index contributed by atoms with van der Waals surface area (Å²) in [7, 11) is -2.67. The first-order valence-corrected chi connectivity index (χ1v) is 10.8. The average molecular weight is 499 g/mol. The lowest BCUT2D eigenvalue weighted by Gasteiger charge is -2.20. The predicted octanol–water partition coefficient (Wildman–Crippen LogP) is 4.71. The minimum absolute atomic E-state index is 0.0232. The van der Waals surface area contributed by atoms with Crippen molar-refractivity contribution in [3.05, 3.63) is 81.7 Å². The van der Waals surface area contributed by atoms with E-state index in [1.165, 1.54) is 43.6 Å². The zero-order valence-corrected chi connectivity index (χ0v) is 18.1. The van der Waals surface area contributed by atoms with Crippen LogP contribution in [0.4, 0.5) is 15.9 Å². The molecule has 0 radical (unpaired) electrons. The van der Waals surface area contributed by atoms with Gasteiger partial charge in [0.05, 0.1) is 21.2 Å². The molecule has 0 unspecified atom stereocenters. The molecule has 29 heavy (non-hydrogen) atoms. The summed E-state index contributed by atoms with van der Waals surface area (Å²) in [5, 5.41) is 2.65. The molecular formula is C19H14BrClFN3O3S. The van der Waals surface area contributed by atoms with Gasteiger partial charge in [-0.15, -0.1) is 0 Å². The van der Waals surface area contributed by atoms with E-state index in [0.29, 0.717) is 0 Å². The standard InChI is InChI=1S/C19H14BrClFN3O3S/c1-25(14-5-3-13(22)4-6-14)29(27,28)15-7-8-17(21)16(10-15)19(26)24-18-9-2-12(20)11-23-18/h2-11H,1H3,(H,23,24,26). The van der Waals surface area contributed by atoms with Crippen LogP contribution in [0.3, 0.4) is 0 Å². The summed E-state index contributed by atoms with van der Waals surface area (Å²) < 4.78 is 40.7. The fourth-order valence-corrected chi connectivity index (χ4v) is 4.08. The summed E-state index contributed by atoms with van der Waals surface area (Å²) in [4.78, 5) is 16.5. The molecule has 0 fully saturated rings. The van der Waals surface area contributed by atoms with Crippen molar-refractivity contribution >= 4 is 55.0 Å². The molecule has 0 saturated heterocycles. The molecule has 6 nitrogen and oxygen atoms in total. The van der Waals surface area contributed by atoms with Gasteiger partial charge in [0.2, 0.25) is 0 Å². The summed E-state index contributed by atoms with van der Waals surface area (Å²) >= 11 is 9.36. The highest BCUT2D eigenvalue weighted by molar-refractivity contribution is 9.10. The van der Waals surface area contributed by atoms with Crippen LogP contribution in [-0.2, 0) is 10.0 Å². The first-order valence-electron chi connectivity index (χ1n) is 8.15. The van der Waals surface area contributed by atoms with Crippen molar-refractivity contribution < 1.29 is 17.6 Å². The summed E-state index contributed by atoms with van der Waals surface area (Å²) in [6, 6.07) is 12.1. The molecule has 1 aromatic heterocycles. The van der Waals surface area contributed by atoms with E-state index >= 15 is 0 Å². The largest absolute Gasteiger partial charge is 0.307 e. The summed E-state index contributed by atoms with van der Waals surface area (Å²) in [5.41, 5.74) is 0.247. The number of sulfonamides is 1. The molecule has 10 heteroatoms. The molecule has 0 aliphatic heterocycles. The van der Waals surface area contributed by atoms with Crippen molar-refractivity contribution in [1.29, 1.82) is 0 Å². The smallest absolute Gasteiger partial charge is 0.264 e. The van der Waals surface area contributed by atoms with E-state index in [9.17, 15) is 17.6 Å². The highest BCUT2D eigenvalue weighted by atomic mass is 79.9. The monoisotopic (exact) mass is 497 g/mol. The Balaban J connectivity index is 1.91.